The van der Waals surface area contributed by atoms with Gasteiger partial charge in [0.05, 0.1) is 0 Å². The molecule has 3 nitrogen and oxygen atoms in total. The van der Waals surface area contributed by atoms with E-state index in [9.17, 15) is 4.79 Å². The Morgan fingerprint density at radius 1 is 0.952 bits per heavy atom. The number of carbonyl (C=O) groups is 1. The molecule has 21 heavy (non-hydrogen) atoms. The van der Waals surface area contributed by atoms with Gasteiger partial charge in [-0.3, -0.25) is 5.32 Å². The summed E-state index contributed by atoms with van der Waals surface area (Å²) in [4.78, 5) is 12.0. The zero-order valence-corrected chi connectivity index (χ0v) is 13.3. The van der Waals surface area contributed by atoms with E-state index in [0.29, 0.717) is 16.5 Å². The molecule has 0 fully saturated rings. The summed E-state index contributed by atoms with van der Waals surface area (Å²) in [6.07, 6.45) is -0.511. The topological polar surface area (TPSA) is 38.3 Å². The number of rotatable bonds is 2. The van der Waals surface area contributed by atoms with E-state index in [4.69, 9.17) is 16.3 Å². The summed E-state index contributed by atoms with van der Waals surface area (Å²) >= 11 is 6.03. The molecule has 0 heterocycles. The molecule has 1 amide bonds. The summed E-state index contributed by atoms with van der Waals surface area (Å²) in [5, 5.41) is 3.39. The van der Waals surface area contributed by atoms with Crippen LogP contribution in [0.1, 0.15) is 22.3 Å². The molecule has 110 valence electrons. The zero-order valence-electron chi connectivity index (χ0n) is 12.6. The minimum Gasteiger partial charge on any atom is -0.410 e. The average Bonchev–Trinajstić information content (AvgIpc) is 2.40. The van der Waals surface area contributed by atoms with Crippen molar-refractivity contribution >= 4 is 23.4 Å². The minimum atomic E-state index is -0.511. The van der Waals surface area contributed by atoms with Gasteiger partial charge in [0.1, 0.15) is 5.75 Å². The number of benzene rings is 2. The molecule has 0 saturated carbocycles. The van der Waals surface area contributed by atoms with Crippen molar-refractivity contribution < 1.29 is 9.53 Å². The fourth-order valence-corrected chi connectivity index (χ4v) is 2.15. The molecule has 0 bridgehead atoms. The monoisotopic (exact) mass is 303 g/mol. The van der Waals surface area contributed by atoms with Gasteiger partial charge in [0, 0.05) is 10.7 Å². The molecule has 0 aliphatic heterocycles. The molecule has 0 aromatic heterocycles. The third-order valence-electron chi connectivity index (χ3n) is 3.41. The first-order chi connectivity index (χ1) is 9.86. The third kappa shape index (κ3) is 3.76. The van der Waals surface area contributed by atoms with Crippen LogP contribution in [0.4, 0.5) is 10.5 Å². The molecule has 0 saturated heterocycles. The van der Waals surface area contributed by atoms with E-state index in [1.165, 1.54) is 5.56 Å². The number of aryl methyl sites for hydroxylation is 4. The van der Waals surface area contributed by atoms with Crippen LogP contribution >= 0.6 is 11.6 Å². The van der Waals surface area contributed by atoms with Crippen LogP contribution in [0.25, 0.3) is 0 Å². The molecule has 0 radical (unpaired) electrons. The van der Waals surface area contributed by atoms with Gasteiger partial charge in [-0.15, -0.1) is 0 Å². The highest BCUT2D eigenvalue weighted by molar-refractivity contribution is 6.31. The Morgan fingerprint density at radius 2 is 1.67 bits per heavy atom. The first-order valence-electron chi connectivity index (χ1n) is 6.69. The molecule has 0 spiro atoms. The number of ether oxygens (including phenoxy) is 1. The van der Waals surface area contributed by atoms with Crippen LogP contribution in [0, 0.1) is 27.7 Å². The van der Waals surface area contributed by atoms with Gasteiger partial charge in [0.2, 0.25) is 0 Å². The number of halogens is 1. The maximum absolute atomic E-state index is 12.0. The number of hydrogen-bond donors (Lipinski definition) is 1. The average molecular weight is 304 g/mol. The maximum atomic E-state index is 12.0. The van der Waals surface area contributed by atoms with E-state index < -0.39 is 6.09 Å². The zero-order chi connectivity index (χ0) is 15.6. The van der Waals surface area contributed by atoms with E-state index in [1.807, 2.05) is 45.9 Å². The molecule has 0 unspecified atom stereocenters. The lowest BCUT2D eigenvalue weighted by Crippen LogP contribution is -2.17. The van der Waals surface area contributed by atoms with E-state index in [-0.39, 0.29) is 0 Å². The molecule has 0 atom stereocenters. The quantitative estimate of drug-likeness (QED) is 0.829. The van der Waals surface area contributed by atoms with Gasteiger partial charge in [0.25, 0.3) is 0 Å². The minimum absolute atomic E-state index is 0.511. The van der Waals surface area contributed by atoms with Crippen LogP contribution in [0.15, 0.2) is 30.3 Å². The van der Waals surface area contributed by atoms with Crippen molar-refractivity contribution in [1.29, 1.82) is 0 Å². The molecular formula is C17H18ClNO2. The second-order valence-corrected chi connectivity index (χ2v) is 5.59. The fraction of sp³-hybridized carbons (Fsp3) is 0.235. The van der Waals surface area contributed by atoms with Crippen LogP contribution in [-0.2, 0) is 0 Å². The van der Waals surface area contributed by atoms with Crippen LogP contribution in [-0.4, -0.2) is 6.09 Å². The van der Waals surface area contributed by atoms with E-state index in [0.717, 1.165) is 16.7 Å². The van der Waals surface area contributed by atoms with Crippen molar-refractivity contribution in [2.45, 2.75) is 27.7 Å². The van der Waals surface area contributed by atoms with Crippen LogP contribution in [0.3, 0.4) is 0 Å². The normalized spacial score (nSPS) is 10.3. The molecule has 2 rings (SSSR count). The van der Waals surface area contributed by atoms with Crippen LogP contribution in [0.5, 0.6) is 5.75 Å². The van der Waals surface area contributed by atoms with E-state index >= 15 is 0 Å². The van der Waals surface area contributed by atoms with E-state index in [1.54, 1.807) is 12.1 Å². The van der Waals surface area contributed by atoms with Gasteiger partial charge in [-0.2, -0.15) is 0 Å². The van der Waals surface area contributed by atoms with Gasteiger partial charge < -0.3 is 4.74 Å². The summed E-state index contributed by atoms with van der Waals surface area (Å²) in [5.41, 5.74) is 4.70. The Balaban J connectivity index is 2.11. The van der Waals surface area contributed by atoms with Crippen molar-refractivity contribution in [3.8, 4) is 5.75 Å². The fourth-order valence-electron chi connectivity index (χ4n) is 1.93. The largest absolute Gasteiger partial charge is 0.417 e. The maximum Gasteiger partial charge on any atom is 0.417 e. The first kappa shape index (κ1) is 15.4. The molecule has 1 N–H and O–H groups in total. The second kappa shape index (κ2) is 6.19. The summed E-state index contributed by atoms with van der Waals surface area (Å²) in [6.45, 7) is 7.75. The van der Waals surface area contributed by atoms with Crippen LogP contribution < -0.4 is 10.1 Å². The van der Waals surface area contributed by atoms with Crippen molar-refractivity contribution in [2.24, 2.45) is 0 Å². The number of nitrogens with one attached hydrogen (secondary N) is 1. The Kier molecular flexibility index (Phi) is 4.53. The summed E-state index contributed by atoms with van der Waals surface area (Å²) in [6, 6.07) is 9.27. The lowest BCUT2D eigenvalue weighted by atomic mass is 10.1. The SMILES string of the molecule is Cc1ccc(NC(=O)Oc2cc(C)c(Cl)cc2C)cc1C. The lowest BCUT2D eigenvalue weighted by Gasteiger charge is -2.11. The van der Waals surface area contributed by atoms with Gasteiger partial charge in [-0.1, -0.05) is 17.7 Å². The Bertz CT molecular complexity index is 695. The van der Waals surface area contributed by atoms with E-state index in [2.05, 4.69) is 5.32 Å². The highest BCUT2D eigenvalue weighted by atomic mass is 35.5. The van der Waals surface area contributed by atoms with Crippen molar-refractivity contribution in [3.05, 3.63) is 57.6 Å². The molecule has 0 aliphatic rings. The first-order valence-corrected chi connectivity index (χ1v) is 7.07. The lowest BCUT2D eigenvalue weighted by molar-refractivity contribution is 0.215. The van der Waals surface area contributed by atoms with Crippen molar-refractivity contribution in [2.75, 3.05) is 5.32 Å². The number of carbonyl (C=O) groups excluding carboxylic acids is 1. The number of amides is 1. The van der Waals surface area contributed by atoms with Gasteiger partial charge in [0.15, 0.2) is 0 Å². The van der Waals surface area contributed by atoms with Crippen molar-refractivity contribution in [1.82, 2.24) is 0 Å². The Morgan fingerprint density at radius 3 is 2.33 bits per heavy atom. The molecule has 2 aromatic rings. The van der Waals surface area contributed by atoms with Crippen LogP contribution in [0.2, 0.25) is 5.02 Å². The summed E-state index contributed by atoms with van der Waals surface area (Å²) < 4.78 is 5.35. The third-order valence-corrected chi connectivity index (χ3v) is 3.82. The summed E-state index contributed by atoms with van der Waals surface area (Å²) in [5.74, 6) is 0.512. The standard InChI is InChI=1S/C17H18ClNO2/c1-10-5-6-14(7-11(10)2)19-17(20)21-16-9-12(3)15(18)8-13(16)4/h5-9H,1-4H3,(H,19,20). The molecule has 0 aliphatic carbocycles. The predicted molar refractivity (Wildman–Crippen MR) is 86.5 cm³/mol. The number of anilines is 1. The molecule has 4 heteroatoms. The smallest absolute Gasteiger partial charge is 0.410 e. The van der Waals surface area contributed by atoms with Gasteiger partial charge in [-0.05, 0) is 74.2 Å². The second-order valence-electron chi connectivity index (χ2n) is 5.18. The van der Waals surface area contributed by atoms with Gasteiger partial charge >= 0.3 is 6.09 Å². The van der Waals surface area contributed by atoms with Crippen molar-refractivity contribution in [3.63, 3.8) is 0 Å². The highest BCUT2D eigenvalue weighted by Crippen LogP contribution is 2.26. The molecular weight excluding hydrogens is 286 g/mol. The highest BCUT2D eigenvalue weighted by Gasteiger charge is 2.10. The Hall–Kier alpha value is -2.00. The number of hydrogen-bond acceptors (Lipinski definition) is 2. The molecule has 2 aromatic carbocycles. The van der Waals surface area contributed by atoms with Gasteiger partial charge in [-0.25, -0.2) is 4.79 Å². The summed E-state index contributed by atoms with van der Waals surface area (Å²) in [7, 11) is 0. The Labute approximate surface area is 129 Å². The predicted octanol–water partition coefficient (Wildman–Crippen LogP) is 5.18.